The van der Waals surface area contributed by atoms with E-state index in [1.165, 1.54) is 5.56 Å². The molecular weight excluding hydrogens is 446 g/mol. The Morgan fingerprint density at radius 2 is 1.74 bits per heavy atom. The molecule has 0 spiro atoms. The fourth-order valence-corrected chi connectivity index (χ4v) is 4.83. The Kier molecular flexibility index (Phi) is 5.65. The maximum Gasteiger partial charge on any atom is 0.340 e. The van der Waals surface area contributed by atoms with Gasteiger partial charge in [-0.15, -0.1) is 0 Å². The lowest BCUT2D eigenvalue weighted by Gasteiger charge is -2.32. The minimum Gasteiger partial charge on any atom is -0.471 e. The number of benzene rings is 3. The van der Waals surface area contributed by atoms with Crippen molar-refractivity contribution in [3.63, 3.8) is 0 Å². The van der Waals surface area contributed by atoms with Gasteiger partial charge in [0.2, 0.25) is 0 Å². The van der Waals surface area contributed by atoms with Crippen molar-refractivity contribution in [2.75, 3.05) is 11.6 Å². The fraction of sp³-hybridized carbons (Fsp3) is 0.276. The van der Waals surface area contributed by atoms with Crippen LogP contribution in [0.1, 0.15) is 48.6 Å². The molecule has 1 aromatic heterocycles. The number of fused-ring (bicyclic) bond motifs is 3. The molecule has 0 N–H and O–H groups in total. The summed E-state index contributed by atoms with van der Waals surface area (Å²) in [6.45, 7) is 9.49. The van der Waals surface area contributed by atoms with Gasteiger partial charge >= 0.3 is 5.63 Å². The summed E-state index contributed by atoms with van der Waals surface area (Å²) in [5.41, 5.74) is 6.06. The first-order chi connectivity index (χ1) is 16.2. The molecule has 1 aliphatic rings. The Balaban J connectivity index is 1.56. The minimum atomic E-state index is -0.315. The third-order valence-electron chi connectivity index (χ3n) is 6.61. The van der Waals surface area contributed by atoms with Gasteiger partial charge in [0.05, 0.1) is 17.1 Å². The largest absolute Gasteiger partial charge is 0.471 e. The van der Waals surface area contributed by atoms with Gasteiger partial charge in [0.15, 0.2) is 6.73 Å². The van der Waals surface area contributed by atoms with E-state index in [-0.39, 0.29) is 11.0 Å². The molecule has 4 nitrogen and oxygen atoms in total. The summed E-state index contributed by atoms with van der Waals surface area (Å²) in [6.07, 6.45) is 0.516. The van der Waals surface area contributed by atoms with Gasteiger partial charge in [-0.25, -0.2) is 4.79 Å². The summed E-state index contributed by atoms with van der Waals surface area (Å²) in [5.74, 6) is 0.593. The third kappa shape index (κ3) is 4.07. The highest BCUT2D eigenvalue weighted by Gasteiger charge is 2.26. The van der Waals surface area contributed by atoms with Crippen molar-refractivity contribution in [1.82, 2.24) is 0 Å². The molecule has 4 aromatic rings. The summed E-state index contributed by atoms with van der Waals surface area (Å²) in [4.78, 5) is 15.2. The molecule has 0 unspecified atom stereocenters. The first-order valence-corrected chi connectivity index (χ1v) is 11.9. The smallest absolute Gasteiger partial charge is 0.340 e. The van der Waals surface area contributed by atoms with Crippen molar-refractivity contribution in [3.05, 3.63) is 104 Å². The summed E-state index contributed by atoms with van der Waals surface area (Å²) >= 11 is 6.65. The predicted molar refractivity (Wildman–Crippen MR) is 138 cm³/mol. The standard InChI is InChI=1S/C29H28ClNO3/c1-18-22-15-25(30)27-24(26(22)34-28(32)23(18)14-19-8-6-5-7-9-19)16-31(17-33-27)21-12-10-20(11-13-21)29(2,3)4/h5-13,15H,14,16-17H2,1-4H3. The van der Waals surface area contributed by atoms with E-state index in [9.17, 15) is 4.79 Å². The Morgan fingerprint density at radius 1 is 1.03 bits per heavy atom. The second-order valence-electron chi connectivity index (χ2n) is 9.97. The topological polar surface area (TPSA) is 42.7 Å². The van der Waals surface area contributed by atoms with Gasteiger partial charge < -0.3 is 14.1 Å². The predicted octanol–water partition coefficient (Wildman–Crippen LogP) is 7.00. The Hall–Kier alpha value is -3.24. The van der Waals surface area contributed by atoms with Crippen LogP contribution in [0.2, 0.25) is 5.02 Å². The molecule has 0 aliphatic carbocycles. The quantitative estimate of drug-likeness (QED) is 0.300. The zero-order valence-electron chi connectivity index (χ0n) is 19.9. The van der Waals surface area contributed by atoms with Crippen LogP contribution in [-0.4, -0.2) is 6.73 Å². The highest BCUT2D eigenvalue weighted by molar-refractivity contribution is 6.33. The van der Waals surface area contributed by atoms with Gasteiger partial charge in [0.25, 0.3) is 0 Å². The molecular formula is C29H28ClNO3. The van der Waals surface area contributed by atoms with Crippen molar-refractivity contribution in [2.45, 2.75) is 46.1 Å². The fourth-order valence-electron chi connectivity index (χ4n) is 4.55. The van der Waals surface area contributed by atoms with E-state index < -0.39 is 0 Å². The molecule has 0 amide bonds. The van der Waals surface area contributed by atoms with E-state index in [1.54, 1.807) is 0 Å². The first-order valence-electron chi connectivity index (χ1n) is 11.5. The molecule has 0 saturated carbocycles. The minimum absolute atomic E-state index is 0.0889. The number of rotatable bonds is 3. The number of hydrogen-bond donors (Lipinski definition) is 0. The molecule has 0 saturated heterocycles. The Morgan fingerprint density at radius 3 is 2.41 bits per heavy atom. The molecule has 0 atom stereocenters. The molecule has 0 bridgehead atoms. The summed E-state index contributed by atoms with van der Waals surface area (Å²) in [6, 6.07) is 20.3. The molecule has 1 aliphatic heterocycles. The van der Waals surface area contributed by atoms with Crippen molar-refractivity contribution < 1.29 is 9.15 Å². The number of anilines is 1. The molecule has 0 fully saturated rings. The third-order valence-corrected chi connectivity index (χ3v) is 6.90. The zero-order valence-corrected chi connectivity index (χ0v) is 20.7. The zero-order chi connectivity index (χ0) is 24.0. The average Bonchev–Trinajstić information content (AvgIpc) is 2.83. The summed E-state index contributed by atoms with van der Waals surface area (Å²) in [7, 11) is 0. The lowest BCUT2D eigenvalue weighted by Crippen LogP contribution is -2.32. The molecule has 3 aromatic carbocycles. The van der Waals surface area contributed by atoms with Crippen LogP contribution in [0.15, 0.2) is 69.9 Å². The van der Waals surface area contributed by atoms with Crippen molar-refractivity contribution in [1.29, 1.82) is 0 Å². The van der Waals surface area contributed by atoms with Crippen LogP contribution < -0.4 is 15.3 Å². The molecule has 174 valence electrons. The summed E-state index contributed by atoms with van der Waals surface area (Å²) in [5, 5.41) is 1.38. The van der Waals surface area contributed by atoms with Gasteiger partial charge in [-0.2, -0.15) is 0 Å². The van der Waals surface area contributed by atoms with Gasteiger partial charge in [-0.1, -0.05) is 74.8 Å². The number of aryl methyl sites for hydroxylation is 1. The van der Waals surface area contributed by atoms with Crippen LogP contribution in [0.5, 0.6) is 5.75 Å². The van der Waals surface area contributed by atoms with Crippen LogP contribution in [0.25, 0.3) is 11.0 Å². The van der Waals surface area contributed by atoms with Crippen molar-refractivity contribution >= 4 is 28.3 Å². The van der Waals surface area contributed by atoms with Crippen LogP contribution in [0, 0.1) is 6.92 Å². The first kappa shape index (κ1) is 22.5. The highest BCUT2D eigenvalue weighted by Crippen LogP contribution is 2.41. The second-order valence-corrected chi connectivity index (χ2v) is 10.4. The maximum absolute atomic E-state index is 13.1. The van der Waals surface area contributed by atoms with E-state index in [1.807, 2.05) is 43.3 Å². The molecule has 34 heavy (non-hydrogen) atoms. The number of halogens is 1. The number of nitrogens with zero attached hydrogens (tertiary/aromatic N) is 1. The van der Waals surface area contributed by atoms with Gasteiger partial charge in [-0.05, 0) is 47.2 Å². The van der Waals surface area contributed by atoms with E-state index in [2.05, 4.69) is 49.9 Å². The van der Waals surface area contributed by atoms with Crippen molar-refractivity contribution in [2.24, 2.45) is 0 Å². The van der Waals surface area contributed by atoms with Crippen molar-refractivity contribution in [3.8, 4) is 5.75 Å². The number of hydrogen-bond acceptors (Lipinski definition) is 4. The molecule has 0 radical (unpaired) electrons. The molecule has 5 heteroatoms. The Labute approximate surface area is 204 Å². The Bertz CT molecular complexity index is 1420. The molecule has 5 rings (SSSR count). The van der Waals surface area contributed by atoms with Crippen LogP contribution >= 0.6 is 11.6 Å². The lowest BCUT2D eigenvalue weighted by atomic mass is 9.87. The number of ether oxygens (including phenoxy) is 1. The SMILES string of the molecule is Cc1c(Cc2ccccc2)c(=O)oc2c3c(c(Cl)cc12)OCN(c1ccc(C(C)(C)C)cc1)C3. The van der Waals surface area contributed by atoms with Crippen LogP contribution in [0.3, 0.4) is 0 Å². The average molecular weight is 474 g/mol. The second kappa shape index (κ2) is 8.52. The van der Waals surface area contributed by atoms with E-state index in [4.69, 9.17) is 20.8 Å². The van der Waals surface area contributed by atoms with E-state index in [0.29, 0.717) is 41.6 Å². The van der Waals surface area contributed by atoms with Crippen LogP contribution in [-0.2, 0) is 18.4 Å². The lowest BCUT2D eigenvalue weighted by molar-refractivity contribution is 0.289. The monoisotopic (exact) mass is 473 g/mol. The maximum atomic E-state index is 13.1. The van der Waals surface area contributed by atoms with Gasteiger partial charge in [0, 0.05) is 23.1 Å². The van der Waals surface area contributed by atoms with Gasteiger partial charge in [0.1, 0.15) is 11.3 Å². The van der Waals surface area contributed by atoms with Gasteiger partial charge in [-0.3, -0.25) is 0 Å². The highest BCUT2D eigenvalue weighted by atomic mass is 35.5. The summed E-state index contributed by atoms with van der Waals surface area (Å²) < 4.78 is 12.0. The van der Waals surface area contributed by atoms with E-state index in [0.717, 1.165) is 27.8 Å². The van der Waals surface area contributed by atoms with Crippen LogP contribution in [0.4, 0.5) is 5.69 Å². The normalized spacial score (nSPS) is 13.6. The van der Waals surface area contributed by atoms with E-state index >= 15 is 0 Å². The molecule has 2 heterocycles.